The van der Waals surface area contributed by atoms with Crippen LogP contribution < -0.4 is 5.56 Å². The molecule has 2 aromatic rings. The molecule has 0 bridgehead atoms. The summed E-state index contributed by atoms with van der Waals surface area (Å²) in [6.45, 7) is 4.70. The molecule has 0 fully saturated rings. The van der Waals surface area contributed by atoms with Crippen molar-refractivity contribution in [2.75, 3.05) is 0 Å². The molecule has 122 valence electrons. The van der Waals surface area contributed by atoms with Crippen molar-refractivity contribution in [1.82, 2.24) is 9.55 Å². The Hall–Kier alpha value is -1.32. The molecular weight excluding hydrogens is 326 g/mol. The van der Waals surface area contributed by atoms with Gasteiger partial charge in [-0.05, 0) is 38.2 Å². The number of aryl methyl sites for hydroxylation is 2. The van der Waals surface area contributed by atoms with E-state index >= 15 is 0 Å². The molecule has 1 atom stereocenters. The van der Waals surface area contributed by atoms with E-state index in [0.29, 0.717) is 11.7 Å². The van der Waals surface area contributed by atoms with E-state index in [1.54, 1.807) is 11.3 Å². The van der Waals surface area contributed by atoms with Crippen molar-refractivity contribution >= 4 is 33.3 Å². The van der Waals surface area contributed by atoms with Crippen molar-refractivity contribution < 1.29 is 0 Å². The molecule has 0 radical (unpaired) electrons. The summed E-state index contributed by atoms with van der Waals surface area (Å²) < 4.78 is 1.81. The van der Waals surface area contributed by atoms with Crippen LogP contribution >= 0.6 is 23.1 Å². The Balaban J connectivity index is 2.10. The maximum atomic E-state index is 13.1. The van der Waals surface area contributed by atoms with Crippen molar-refractivity contribution in [2.45, 2.75) is 69.3 Å². The van der Waals surface area contributed by atoms with Crippen molar-refractivity contribution in [3.8, 4) is 6.07 Å². The van der Waals surface area contributed by atoms with Crippen LogP contribution in [0.25, 0.3) is 10.2 Å². The number of nitrogens with zero attached hydrogens (tertiary/aromatic N) is 3. The highest BCUT2D eigenvalue weighted by Gasteiger charge is 2.23. The van der Waals surface area contributed by atoms with Crippen LogP contribution in [0.4, 0.5) is 0 Å². The van der Waals surface area contributed by atoms with Gasteiger partial charge in [0.25, 0.3) is 5.56 Å². The number of hydrogen-bond donors (Lipinski definition) is 0. The van der Waals surface area contributed by atoms with Gasteiger partial charge in [-0.1, -0.05) is 31.5 Å². The van der Waals surface area contributed by atoms with Gasteiger partial charge < -0.3 is 0 Å². The van der Waals surface area contributed by atoms with Gasteiger partial charge in [0.05, 0.1) is 16.7 Å². The minimum atomic E-state index is -0.205. The molecule has 6 heteroatoms. The van der Waals surface area contributed by atoms with Crippen molar-refractivity contribution in [3.05, 3.63) is 20.8 Å². The Morgan fingerprint density at radius 2 is 2.26 bits per heavy atom. The second-order valence-electron chi connectivity index (χ2n) is 5.98. The van der Waals surface area contributed by atoms with E-state index in [0.717, 1.165) is 48.7 Å². The summed E-state index contributed by atoms with van der Waals surface area (Å²) in [5.41, 5.74) is 1.33. The van der Waals surface area contributed by atoms with Crippen LogP contribution in [0.5, 0.6) is 0 Å². The van der Waals surface area contributed by atoms with Crippen LogP contribution in [0, 0.1) is 11.3 Å². The van der Waals surface area contributed by atoms with E-state index in [1.807, 2.05) is 11.5 Å². The number of rotatable bonds is 6. The molecule has 2 aromatic heterocycles. The van der Waals surface area contributed by atoms with Crippen LogP contribution in [0.15, 0.2) is 9.95 Å². The third-order valence-electron chi connectivity index (χ3n) is 4.24. The topological polar surface area (TPSA) is 58.7 Å². The summed E-state index contributed by atoms with van der Waals surface area (Å²) in [7, 11) is 0. The average Bonchev–Trinajstić information content (AvgIpc) is 3.10. The van der Waals surface area contributed by atoms with Gasteiger partial charge in [0.2, 0.25) is 0 Å². The van der Waals surface area contributed by atoms with Crippen molar-refractivity contribution in [2.24, 2.45) is 0 Å². The highest BCUT2D eigenvalue weighted by Crippen LogP contribution is 2.36. The van der Waals surface area contributed by atoms with Crippen LogP contribution in [-0.4, -0.2) is 14.8 Å². The highest BCUT2D eigenvalue weighted by molar-refractivity contribution is 8.00. The normalized spacial score (nSPS) is 14.8. The van der Waals surface area contributed by atoms with Crippen LogP contribution in [0.3, 0.4) is 0 Å². The summed E-state index contributed by atoms with van der Waals surface area (Å²) >= 11 is 3.06. The minimum absolute atomic E-state index is 0.0955. The first-order valence-electron chi connectivity index (χ1n) is 8.27. The average molecular weight is 348 g/mol. The van der Waals surface area contributed by atoms with E-state index in [-0.39, 0.29) is 10.8 Å². The maximum absolute atomic E-state index is 13.1. The molecule has 0 aliphatic heterocycles. The zero-order valence-electron chi connectivity index (χ0n) is 13.6. The molecule has 2 heterocycles. The van der Waals surface area contributed by atoms with Gasteiger partial charge in [0.15, 0.2) is 5.16 Å². The Labute approximate surface area is 144 Å². The smallest absolute Gasteiger partial charge is 0.263 e. The number of hydrogen-bond acceptors (Lipinski definition) is 5. The quantitative estimate of drug-likeness (QED) is 0.448. The number of thioether (sulfide) groups is 1. The summed E-state index contributed by atoms with van der Waals surface area (Å²) in [6, 6.07) is 2.23. The van der Waals surface area contributed by atoms with Gasteiger partial charge >= 0.3 is 0 Å². The lowest BCUT2D eigenvalue weighted by Gasteiger charge is -2.12. The van der Waals surface area contributed by atoms with Gasteiger partial charge in [0.1, 0.15) is 4.83 Å². The Morgan fingerprint density at radius 3 is 3.00 bits per heavy atom. The van der Waals surface area contributed by atoms with Gasteiger partial charge in [-0.25, -0.2) is 4.98 Å². The third-order valence-corrected chi connectivity index (χ3v) is 6.41. The largest absolute Gasteiger partial charge is 0.287 e. The minimum Gasteiger partial charge on any atom is -0.287 e. The molecule has 0 N–H and O–H groups in total. The Bertz CT molecular complexity index is 816. The molecule has 0 aromatic carbocycles. The van der Waals surface area contributed by atoms with E-state index < -0.39 is 0 Å². The molecule has 4 nitrogen and oxygen atoms in total. The lowest BCUT2D eigenvalue weighted by molar-refractivity contribution is 0.541. The summed E-state index contributed by atoms with van der Waals surface area (Å²) in [5, 5.41) is 10.4. The molecule has 0 saturated heterocycles. The predicted octanol–water partition coefficient (Wildman–Crippen LogP) is 4.14. The van der Waals surface area contributed by atoms with Gasteiger partial charge in [-0.15, -0.1) is 11.3 Å². The van der Waals surface area contributed by atoms with Crippen molar-refractivity contribution in [3.63, 3.8) is 0 Å². The first kappa shape index (κ1) is 16.5. The zero-order valence-corrected chi connectivity index (χ0v) is 15.2. The van der Waals surface area contributed by atoms with Crippen LogP contribution in [-0.2, 0) is 19.4 Å². The Kier molecular flexibility index (Phi) is 5.08. The molecule has 0 spiro atoms. The number of fused-ring (bicyclic) bond motifs is 3. The lowest BCUT2D eigenvalue weighted by Crippen LogP contribution is -2.24. The molecule has 1 aliphatic carbocycles. The second kappa shape index (κ2) is 7.06. The summed E-state index contributed by atoms with van der Waals surface area (Å²) in [5.74, 6) is 0. The zero-order chi connectivity index (χ0) is 16.4. The number of thiophene rings is 1. The monoisotopic (exact) mass is 347 g/mol. The first-order valence-corrected chi connectivity index (χ1v) is 9.96. The predicted molar refractivity (Wildman–Crippen MR) is 96.4 cm³/mol. The highest BCUT2D eigenvalue weighted by atomic mass is 32.2. The second-order valence-corrected chi connectivity index (χ2v) is 8.38. The summed E-state index contributed by atoms with van der Waals surface area (Å²) in [6.07, 6.45) is 6.42. The van der Waals surface area contributed by atoms with E-state index in [4.69, 9.17) is 10.2 Å². The molecule has 0 saturated carbocycles. The van der Waals surface area contributed by atoms with E-state index in [9.17, 15) is 4.79 Å². The molecule has 1 aliphatic rings. The van der Waals surface area contributed by atoms with Gasteiger partial charge in [-0.3, -0.25) is 9.36 Å². The fourth-order valence-electron chi connectivity index (χ4n) is 3.05. The molecule has 0 unspecified atom stereocenters. The van der Waals surface area contributed by atoms with Crippen LogP contribution in [0.1, 0.15) is 50.0 Å². The Morgan fingerprint density at radius 1 is 1.43 bits per heavy atom. The molecule has 23 heavy (non-hydrogen) atoms. The van der Waals surface area contributed by atoms with Crippen molar-refractivity contribution in [1.29, 1.82) is 5.26 Å². The fourth-order valence-corrected chi connectivity index (χ4v) is 5.17. The van der Waals surface area contributed by atoms with Crippen LogP contribution in [0.2, 0.25) is 0 Å². The molecular formula is C17H21N3OS2. The number of unbranched alkanes of at least 4 members (excludes halogenated alkanes) is 2. The first-order chi connectivity index (χ1) is 11.2. The lowest BCUT2D eigenvalue weighted by atomic mass is 10.2. The number of nitriles is 1. The third kappa shape index (κ3) is 3.17. The molecule has 0 amide bonds. The van der Waals surface area contributed by atoms with E-state index in [1.165, 1.54) is 22.2 Å². The SMILES string of the molecule is CCCCCn1c(S[C@@H](C)C#N)nc2sc3c(c2c1=O)CCC3. The molecule has 3 rings (SSSR count). The summed E-state index contributed by atoms with van der Waals surface area (Å²) in [4.78, 5) is 20.0. The fraction of sp³-hybridized carbons (Fsp3) is 0.588. The van der Waals surface area contributed by atoms with Gasteiger partial charge in [-0.2, -0.15) is 5.26 Å². The standard InChI is InChI=1S/C17H21N3OS2/c1-3-4-5-9-20-16(21)14-12-7-6-8-13(12)23-15(14)19-17(20)22-11(2)10-18/h11H,3-9H2,1-2H3/t11-/m0/s1. The maximum Gasteiger partial charge on any atom is 0.263 e. The van der Waals surface area contributed by atoms with Gasteiger partial charge in [0, 0.05) is 11.4 Å². The van der Waals surface area contributed by atoms with E-state index in [2.05, 4.69) is 13.0 Å². The number of aromatic nitrogens is 2.